The van der Waals surface area contributed by atoms with Crippen LogP contribution in [0.2, 0.25) is 0 Å². The molecule has 0 radical (unpaired) electrons. The van der Waals surface area contributed by atoms with Crippen LogP contribution in [0.15, 0.2) is 36.4 Å². The predicted molar refractivity (Wildman–Crippen MR) is 90.8 cm³/mol. The van der Waals surface area contributed by atoms with E-state index in [0.717, 1.165) is 29.8 Å². The smallest absolute Gasteiger partial charge is 0.267 e. The number of ether oxygens (including phenoxy) is 1. The van der Waals surface area contributed by atoms with Gasteiger partial charge in [-0.2, -0.15) is 0 Å². The van der Waals surface area contributed by atoms with E-state index in [1.54, 1.807) is 11.8 Å². The minimum atomic E-state index is -0.841. The Labute approximate surface area is 145 Å². The number of aliphatic hydroxyl groups is 2. The number of benzene rings is 2. The Kier molecular flexibility index (Phi) is 5.01. The summed E-state index contributed by atoms with van der Waals surface area (Å²) < 4.78 is 19.3. The van der Waals surface area contributed by atoms with Crippen molar-refractivity contribution in [3.8, 4) is 5.75 Å². The maximum atomic E-state index is 13.5. The zero-order chi connectivity index (χ0) is 18.0. The molecule has 0 saturated heterocycles. The normalized spacial score (nSPS) is 14.3. The van der Waals surface area contributed by atoms with Gasteiger partial charge in [-0.05, 0) is 37.1 Å². The summed E-state index contributed by atoms with van der Waals surface area (Å²) in [5.41, 5.74) is 2.37. The van der Waals surface area contributed by atoms with Crippen molar-refractivity contribution in [2.45, 2.75) is 32.7 Å². The molecule has 2 aromatic rings. The van der Waals surface area contributed by atoms with Crippen LogP contribution in [0.1, 0.15) is 23.6 Å². The minimum Gasteiger partial charge on any atom is -0.480 e. The van der Waals surface area contributed by atoms with Crippen molar-refractivity contribution >= 4 is 11.6 Å². The maximum absolute atomic E-state index is 13.5. The Hall–Kier alpha value is -2.44. The summed E-state index contributed by atoms with van der Waals surface area (Å²) in [6.07, 6.45) is -0.0539. The average Bonchev–Trinajstić information content (AvgIpc) is 3.05. The first-order chi connectivity index (χ1) is 12.0. The van der Waals surface area contributed by atoms with Gasteiger partial charge in [0.15, 0.2) is 6.10 Å². The molecule has 0 spiro atoms. The number of halogens is 1. The number of carbonyl (C=O) groups excluding carboxylic acids is 1. The number of carbonyl (C=O) groups is 1. The molecule has 2 aromatic carbocycles. The van der Waals surface area contributed by atoms with Crippen molar-refractivity contribution in [3.05, 3.63) is 58.9 Å². The number of hydrogen-bond donors (Lipinski definition) is 2. The first kappa shape index (κ1) is 17.4. The van der Waals surface area contributed by atoms with Crippen LogP contribution < -0.4 is 9.64 Å². The van der Waals surface area contributed by atoms with Crippen LogP contribution in [0.25, 0.3) is 0 Å². The number of fused-ring (bicyclic) bond motifs is 1. The first-order valence-corrected chi connectivity index (χ1v) is 8.14. The van der Waals surface area contributed by atoms with Crippen molar-refractivity contribution in [1.82, 2.24) is 0 Å². The third kappa shape index (κ3) is 3.36. The largest absolute Gasteiger partial charge is 0.480 e. The van der Waals surface area contributed by atoms with E-state index in [1.165, 1.54) is 0 Å². The van der Waals surface area contributed by atoms with Gasteiger partial charge in [0.2, 0.25) is 0 Å². The van der Waals surface area contributed by atoms with Crippen molar-refractivity contribution in [1.29, 1.82) is 0 Å². The van der Waals surface area contributed by atoms with Crippen LogP contribution in [-0.4, -0.2) is 28.8 Å². The van der Waals surface area contributed by atoms with Gasteiger partial charge in [0.1, 0.15) is 11.6 Å². The maximum Gasteiger partial charge on any atom is 0.267 e. The third-order valence-electron chi connectivity index (χ3n) is 4.34. The van der Waals surface area contributed by atoms with Crippen LogP contribution in [0.3, 0.4) is 0 Å². The summed E-state index contributed by atoms with van der Waals surface area (Å²) in [6, 6.07) is 9.97. The zero-order valence-electron chi connectivity index (χ0n) is 13.9. The van der Waals surface area contributed by atoms with Gasteiger partial charge >= 0.3 is 0 Å². The number of para-hydroxylation sites is 1. The summed E-state index contributed by atoms with van der Waals surface area (Å²) in [5.74, 6) is -0.644. The highest BCUT2D eigenvalue weighted by atomic mass is 19.1. The van der Waals surface area contributed by atoms with E-state index >= 15 is 0 Å². The van der Waals surface area contributed by atoms with Gasteiger partial charge in [0.05, 0.1) is 13.2 Å². The van der Waals surface area contributed by atoms with Gasteiger partial charge in [-0.3, -0.25) is 4.79 Å². The number of aliphatic hydroxyl groups excluding tert-OH is 2. The lowest BCUT2D eigenvalue weighted by atomic mass is 10.1. The van der Waals surface area contributed by atoms with Gasteiger partial charge in [0, 0.05) is 23.4 Å². The fourth-order valence-corrected chi connectivity index (χ4v) is 3.11. The fraction of sp³-hybridized carbons (Fsp3) is 0.316. The van der Waals surface area contributed by atoms with Crippen LogP contribution in [0.4, 0.5) is 10.1 Å². The van der Waals surface area contributed by atoms with Gasteiger partial charge in [-0.15, -0.1) is 0 Å². The molecule has 25 heavy (non-hydrogen) atoms. The van der Waals surface area contributed by atoms with Crippen molar-refractivity contribution in [2.75, 3.05) is 11.4 Å². The molecule has 0 aromatic heterocycles. The molecule has 132 valence electrons. The average molecular weight is 345 g/mol. The molecule has 0 aliphatic carbocycles. The molecule has 2 N–H and O–H groups in total. The van der Waals surface area contributed by atoms with Crippen molar-refractivity contribution in [3.63, 3.8) is 0 Å². The second-order valence-electron chi connectivity index (χ2n) is 6.00. The lowest BCUT2D eigenvalue weighted by Crippen LogP contribution is -2.39. The number of hydrogen-bond acceptors (Lipinski definition) is 4. The lowest BCUT2D eigenvalue weighted by molar-refractivity contribution is -0.124. The van der Waals surface area contributed by atoms with Crippen LogP contribution in [0.5, 0.6) is 5.75 Å². The topological polar surface area (TPSA) is 70.0 Å². The Morgan fingerprint density at radius 3 is 2.52 bits per heavy atom. The Balaban J connectivity index is 1.84. The Morgan fingerprint density at radius 2 is 1.88 bits per heavy atom. The molecule has 0 bridgehead atoms. The Morgan fingerprint density at radius 1 is 1.24 bits per heavy atom. The molecular weight excluding hydrogens is 325 g/mol. The second kappa shape index (κ2) is 7.21. The molecule has 5 nitrogen and oxygen atoms in total. The minimum absolute atomic E-state index is 0.153. The first-order valence-electron chi connectivity index (χ1n) is 8.14. The zero-order valence-corrected chi connectivity index (χ0v) is 13.9. The summed E-state index contributed by atoms with van der Waals surface area (Å²) in [5, 5.41) is 18.9. The summed E-state index contributed by atoms with van der Waals surface area (Å²) in [6.45, 7) is 1.28. The van der Waals surface area contributed by atoms with E-state index in [1.807, 2.05) is 24.3 Å². The molecule has 6 heteroatoms. The highest BCUT2D eigenvalue weighted by Crippen LogP contribution is 2.30. The van der Waals surface area contributed by atoms with Crippen LogP contribution >= 0.6 is 0 Å². The summed E-state index contributed by atoms with van der Waals surface area (Å²) in [4.78, 5) is 14.4. The fourth-order valence-electron chi connectivity index (χ4n) is 3.11. The molecule has 0 fully saturated rings. The highest BCUT2D eigenvalue weighted by Gasteiger charge is 2.29. The lowest BCUT2D eigenvalue weighted by Gasteiger charge is -2.24. The van der Waals surface area contributed by atoms with E-state index in [9.17, 15) is 19.4 Å². The van der Waals surface area contributed by atoms with E-state index in [4.69, 9.17) is 4.74 Å². The molecule has 1 amide bonds. The third-order valence-corrected chi connectivity index (χ3v) is 4.34. The predicted octanol–water partition coefficient (Wildman–Crippen LogP) is 2.17. The molecule has 1 atom stereocenters. The Bertz CT molecular complexity index is 768. The molecule has 1 aliphatic heterocycles. The van der Waals surface area contributed by atoms with E-state index in [0.29, 0.717) is 6.54 Å². The van der Waals surface area contributed by atoms with Crippen molar-refractivity contribution < 1.29 is 24.1 Å². The monoisotopic (exact) mass is 345 g/mol. The van der Waals surface area contributed by atoms with Crippen LogP contribution in [-0.2, 0) is 24.4 Å². The number of anilines is 1. The standard InChI is InChI=1S/C19H20FNO4/c1-12(19(24)21-7-6-13-4-2-3-5-17(13)21)25-18-14(10-22)8-16(20)9-15(18)11-23/h2-5,8-9,12,22-23H,6-7,10-11H2,1H3/t12-/m0/s1. The molecule has 0 saturated carbocycles. The van der Waals surface area contributed by atoms with Crippen molar-refractivity contribution in [2.24, 2.45) is 0 Å². The van der Waals surface area contributed by atoms with Gasteiger partial charge < -0.3 is 19.8 Å². The summed E-state index contributed by atoms with van der Waals surface area (Å²) >= 11 is 0. The van der Waals surface area contributed by atoms with E-state index in [2.05, 4.69) is 0 Å². The quantitative estimate of drug-likeness (QED) is 0.871. The molecular formula is C19H20FNO4. The van der Waals surface area contributed by atoms with Gasteiger partial charge in [0.25, 0.3) is 5.91 Å². The van der Waals surface area contributed by atoms with Gasteiger partial charge in [-0.1, -0.05) is 18.2 Å². The molecule has 1 heterocycles. The second-order valence-corrected chi connectivity index (χ2v) is 6.00. The van der Waals surface area contributed by atoms with Crippen LogP contribution in [0, 0.1) is 5.82 Å². The molecule has 0 unspecified atom stereocenters. The SMILES string of the molecule is C[C@H](Oc1c(CO)cc(F)cc1CO)C(=O)N1CCc2ccccc21. The highest BCUT2D eigenvalue weighted by molar-refractivity contribution is 5.98. The molecule has 1 aliphatic rings. The molecule has 3 rings (SSSR count). The van der Waals surface area contributed by atoms with E-state index < -0.39 is 25.1 Å². The summed E-state index contributed by atoms with van der Waals surface area (Å²) in [7, 11) is 0. The number of rotatable bonds is 5. The number of nitrogens with zero attached hydrogens (tertiary/aromatic N) is 1. The van der Waals surface area contributed by atoms with E-state index in [-0.39, 0.29) is 22.8 Å². The number of amides is 1. The van der Waals surface area contributed by atoms with Gasteiger partial charge in [-0.25, -0.2) is 4.39 Å².